The van der Waals surface area contributed by atoms with Crippen LogP contribution >= 0.6 is 0 Å². The molecule has 1 heterocycles. The molecule has 0 aliphatic rings. The highest BCUT2D eigenvalue weighted by atomic mass is 19.4. The summed E-state index contributed by atoms with van der Waals surface area (Å²) >= 11 is 0. The molecule has 0 spiro atoms. The van der Waals surface area contributed by atoms with Crippen LogP contribution in [0.15, 0.2) is 22.8 Å². The van der Waals surface area contributed by atoms with E-state index in [1.807, 2.05) is 0 Å². The van der Waals surface area contributed by atoms with Crippen molar-refractivity contribution in [3.8, 4) is 0 Å². The van der Waals surface area contributed by atoms with E-state index >= 15 is 0 Å². The van der Waals surface area contributed by atoms with Gasteiger partial charge in [-0.3, -0.25) is 0 Å². The number of hydrogen-bond acceptors (Lipinski definition) is 2. The van der Waals surface area contributed by atoms with Gasteiger partial charge >= 0.3 is 6.18 Å². The molecule has 1 aromatic heterocycles. The standard InChI is InChI=1S/C7H8F3NO/c1-6(11,7(8,9)10)5-3-2-4-12-5/h2-4H,11H2,1H3/t6-/m0/s1. The second-order valence-corrected chi connectivity index (χ2v) is 2.68. The third kappa shape index (κ3) is 1.32. The Morgan fingerprint density at radius 2 is 2.00 bits per heavy atom. The molecular formula is C7H8F3NO. The van der Waals surface area contributed by atoms with Gasteiger partial charge in [0.1, 0.15) is 5.76 Å². The smallest absolute Gasteiger partial charge is 0.413 e. The van der Waals surface area contributed by atoms with Gasteiger partial charge in [0.2, 0.25) is 0 Å². The lowest BCUT2D eigenvalue weighted by atomic mass is 10.0. The Hall–Kier alpha value is -0.970. The van der Waals surface area contributed by atoms with Crippen molar-refractivity contribution in [1.29, 1.82) is 0 Å². The van der Waals surface area contributed by atoms with Gasteiger partial charge in [-0.15, -0.1) is 0 Å². The predicted octanol–water partition coefficient (Wildman–Crippen LogP) is 2.02. The average molecular weight is 179 g/mol. The molecule has 1 rings (SSSR count). The number of alkyl halides is 3. The van der Waals surface area contributed by atoms with Gasteiger partial charge in [-0.05, 0) is 19.1 Å². The lowest BCUT2D eigenvalue weighted by Gasteiger charge is -2.24. The molecule has 0 bridgehead atoms. The number of hydrogen-bond donors (Lipinski definition) is 1. The zero-order chi connectivity index (χ0) is 9.41. The highest BCUT2D eigenvalue weighted by molar-refractivity contribution is 5.12. The van der Waals surface area contributed by atoms with Gasteiger partial charge in [0.05, 0.1) is 6.26 Å². The minimum atomic E-state index is -4.50. The highest BCUT2D eigenvalue weighted by Gasteiger charge is 2.51. The average Bonchev–Trinajstić information content (AvgIpc) is 2.34. The topological polar surface area (TPSA) is 39.2 Å². The minimum Gasteiger partial charge on any atom is -0.467 e. The molecule has 0 aliphatic carbocycles. The highest BCUT2D eigenvalue weighted by Crippen LogP contribution is 2.36. The first-order chi connectivity index (χ1) is 5.36. The Balaban J connectivity index is 3.02. The second kappa shape index (κ2) is 2.52. The molecule has 0 aromatic carbocycles. The molecule has 5 heteroatoms. The molecule has 12 heavy (non-hydrogen) atoms. The fourth-order valence-corrected chi connectivity index (χ4v) is 0.714. The maximum absolute atomic E-state index is 12.2. The Bertz CT molecular complexity index is 250. The van der Waals surface area contributed by atoms with Crippen LogP contribution in [0.1, 0.15) is 12.7 Å². The van der Waals surface area contributed by atoms with Gasteiger partial charge in [0, 0.05) is 0 Å². The number of nitrogens with two attached hydrogens (primary N) is 1. The maximum atomic E-state index is 12.2. The maximum Gasteiger partial charge on any atom is 0.413 e. The van der Waals surface area contributed by atoms with Gasteiger partial charge in [-0.25, -0.2) is 0 Å². The quantitative estimate of drug-likeness (QED) is 0.716. The largest absolute Gasteiger partial charge is 0.467 e. The molecule has 0 saturated carbocycles. The summed E-state index contributed by atoms with van der Waals surface area (Å²) in [5.41, 5.74) is 2.63. The van der Waals surface area contributed by atoms with Crippen LogP contribution in [-0.4, -0.2) is 6.18 Å². The van der Waals surface area contributed by atoms with Crippen molar-refractivity contribution in [3.05, 3.63) is 24.2 Å². The molecule has 2 N–H and O–H groups in total. The van der Waals surface area contributed by atoms with Crippen LogP contribution in [0.4, 0.5) is 13.2 Å². The normalized spacial score (nSPS) is 17.4. The Labute approximate surface area is 67.2 Å². The third-order valence-corrected chi connectivity index (χ3v) is 1.62. The van der Waals surface area contributed by atoms with E-state index in [1.54, 1.807) is 0 Å². The second-order valence-electron chi connectivity index (χ2n) is 2.68. The van der Waals surface area contributed by atoms with Gasteiger partial charge in [-0.2, -0.15) is 13.2 Å². The van der Waals surface area contributed by atoms with Crippen LogP contribution in [0.2, 0.25) is 0 Å². The van der Waals surface area contributed by atoms with Gasteiger partial charge < -0.3 is 10.2 Å². The molecule has 1 atom stereocenters. The van der Waals surface area contributed by atoms with E-state index in [9.17, 15) is 13.2 Å². The Kier molecular flexibility index (Phi) is 1.91. The van der Waals surface area contributed by atoms with Gasteiger partial charge in [0.15, 0.2) is 5.54 Å². The van der Waals surface area contributed by atoms with Crippen molar-refractivity contribution in [2.75, 3.05) is 0 Å². The lowest BCUT2D eigenvalue weighted by molar-refractivity contribution is -0.188. The Morgan fingerprint density at radius 1 is 1.42 bits per heavy atom. The van der Waals surface area contributed by atoms with Crippen LogP contribution in [0, 0.1) is 0 Å². The summed E-state index contributed by atoms with van der Waals surface area (Å²) in [6.45, 7) is 0.867. The molecule has 1 aromatic rings. The molecule has 0 aliphatic heterocycles. The van der Waals surface area contributed by atoms with E-state index in [0.717, 1.165) is 13.2 Å². The zero-order valence-corrected chi connectivity index (χ0v) is 6.35. The van der Waals surface area contributed by atoms with Crippen molar-refractivity contribution in [3.63, 3.8) is 0 Å². The van der Waals surface area contributed by atoms with Gasteiger partial charge in [0.25, 0.3) is 0 Å². The first-order valence-electron chi connectivity index (χ1n) is 3.25. The van der Waals surface area contributed by atoms with Crippen LogP contribution in [-0.2, 0) is 5.54 Å². The van der Waals surface area contributed by atoms with E-state index in [0.29, 0.717) is 0 Å². The summed E-state index contributed by atoms with van der Waals surface area (Å²) in [5.74, 6) is -0.282. The molecular weight excluding hydrogens is 171 g/mol. The molecule has 68 valence electrons. The van der Waals surface area contributed by atoms with Gasteiger partial charge in [-0.1, -0.05) is 0 Å². The molecule has 2 nitrogen and oxygen atoms in total. The van der Waals surface area contributed by atoms with E-state index < -0.39 is 11.7 Å². The zero-order valence-electron chi connectivity index (χ0n) is 6.35. The first kappa shape index (κ1) is 9.12. The van der Waals surface area contributed by atoms with E-state index in [-0.39, 0.29) is 5.76 Å². The van der Waals surface area contributed by atoms with Crippen molar-refractivity contribution in [2.45, 2.75) is 18.6 Å². The first-order valence-corrected chi connectivity index (χ1v) is 3.25. The summed E-state index contributed by atoms with van der Waals surface area (Å²) in [5, 5.41) is 0. The summed E-state index contributed by atoms with van der Waals surface area (Å²) in [6, 6.07) is 2.57. The van der Waals surface area contributed by atoms with Crippen molar-refractivity contribution in [2.24, 2.45) is 5.73 Å². The summed E-state index contributed by atoms with van der Waals surface area (Å²) in [6.07, 6.45) is -3.34. The summed E-state index contributed by atoms with van der Waals surface area (Å²) < 4.78 is 41.2. The number of rotatable bonds is 1. The van der Waals surface area contributed by atoms with Crippen LogP contribution in [0.25, 0.3) is 0 Å². The minimum absolute atomic E-state index is 0.282. The van der Waals surface area contributed by atoms with E-state index in [4.69, 9.17) is 5.73 Å². The fourth-order valence-electron chi connectivity index (χ4n) is 0.714. The molecule has 0 fully saturated rings. The monoisotopic (exact) mass is 179 g/mol. The fraction of sp³-hybridized carbons (Fsp3) is 0.429. The predicted molar refractivity (Wildman–Crippen MR) is 36.3 cm³/mol. The number of halogens is 3. The molecule has 0 amide bonds. The van der Waals surface area contributed by atoms with Crippen molar-refractivity contribution < 1.29 is 17.6 Å². The summed E-state index contributed by atoms with van der Waals surface area (Å²) in [7, 11) is 0. The third-order valence-electron chi connectivity index (χ3n) is 1.62. The number of furan rings is 1. The SMILES string of the molecule is C[C@](N)(c1ccco1)C(F)(F)F. The lowest BCUT2D eigenvalue weighted by Crippen LogP contribution is -2.47. The van der Waals surface area contributed by atoms with Crippen LogP contribution < -0.4 is 5.73 Å². The summed E-state index contributed by atoms with van der Waals surface area (Å²) in [4.78, 5) is 0. The van der Waals surface area contributed by atoms with Crippen LogP contribution in [0.5, 0.6) is 0 Å². The molecule has 0 saturated heterocycles. The van der Waals surface area contributed by atoms with E-state index in [2.05, 4.69) is 4.42 Å². The van der Waals surface area contributed by atoms with Crippen molar-refractivity contribution in [1.82, 2.24) is 0 Å². The van der Waals surface area contributed by atoms with Crippen LogP contribution in [0.3, 0.4) is 0 Å². The van der Waals surface area contributed by atoms with E-state index in [1.165, 1.54) is 12.1 Å². The molecule has 0 radical (unpaired) electrons. The van der Waals surface area contributed by atoms with Crippen molar-refractivity contribution >= 4 is 0 Å². The molecule has 0 unspecified atom stereocenters. The Morgan fingerprint density at radius 3 is 2.33 bits per heavy atom.